The average molecular weight is 263 g/mol. The lowest BCUT2D eigenvalue weighted by Crippen LogP contribution is -2.23. The second-order valence-electron chi connectivity index (χ2n) is 4.35. The standard InChI is InChI=1S/C15H18FNO2/c1-4-17-14(15-10(2)7-8-19-15)12-6-5-11(18-3)9-13(12)16/h5-9,14,17H,4H2,1-3H3. The number of nitrogens with one attached hydrogen (secondary N) is 1. The van der Waals surface area contributed by atoms with Gasteiger partial charge >= 0.3 is 0 Å². The van der Waals surface area contributed by atoms with E-state index in [4.69, 9.17) is 9.15 Å². The van der Waals surface area contributed by atoms with E-state index in [9.17, 15) is 4.39 Å². The lowest BCUT2D eigenvalue weighted by atomic mass is 10.0. The number of hydrogen-bond donors (Lipinski definition) is 1. The van der Waals surface area contributed by atoms with E-state index in [0.29, 0.717) is 11.3 Å². The molecule has 1 aromatic carbocycles. The summed E-state index contributed by atoms with van der Waals surface area (Å²) in [5, 5.41) is 3.25. The Kier molecular flexibility index (Phi) is 4.22. The first-order chi connectivity index (χ1) is 9.17. The highest BCUT2D eigenvalue weighted by atomic mass is 19.1. The smallest absolute Gasteiger partial charge is 0.132 e. The normalized spacial score (nSPS) is 12.4. The van der Waals surface area contributed by atoms with Crippen molar-refractivity contribution >= 4 is 0 Å². The number of rotatable bonds is 5. The largest absolute Gasteiger partial charge is 0.497 e. The van der Waals surface area contributed by atoms with E-state index in [2.05, 4.69) is 5.32 Å². The van der Waals surface area contributed by atoms with E-state index in [1.54, 1.807) is 18.4 Å². The Morgan fingerprint density at radius 1 is 1.37 bits per heavy atom. The first-order valence-electron chi connectivity index (χ1n) is 6.28. The molecule has 0 aliphatic heterocycles. The molecule has 2 rings (SSSR count). The molecule has 0 fully saturated rings. The zero-order valence-corrected chi connectivity index (χ0v) is 11.4. The summed E-state index contributed by atoms with van der Waals surface area (Å²) in [4.78, 5) is 0. The van der Waals surface area contributed by atoms with E-state index in [1.165, 1.54) is 13.2 Å². The molecule has 1 atom stereocenters. The van der Waals surface area contributed by atoms with Crippen LogP contribution in [0.2, 0.25) is 0 Å². The first-order valence-corrected chi connectivity index (χ1v) is 6.28. The summed E-state index contributed by atoms with van der Waals surface area (Å²) >= 11 is 0. The number of furan rings is 1. The topological polar surface area (TPSA) is 34.4 Å². The van der Waals surface area contributed by atoms with Gasteiger partial charge in [-0.1, -0.05) is 13.0 Å². The van der Waals surface area contributed by atoms with Crippen LogP contribution in [-0.2, 0) is 0 Å². The van der Waals surface area contributed by atoms with Crippen LogP contribution < -0.4 is 10.1 Å². The molecule has 0 saturated heterocycles. The Hall–Kier alpha value is -1.81. The maximum Gasteiger partial charge on any atom is 0.132 e. The van der Waals surface area contributed by atoms with Gasteiger partial charge in [0.05, 0.1) is 19.4 Å². The predicted molar refractivity (Wildman–Crippen MR) is 71.9 cm³/mol. The fraction of sp³-hybridized carbons (Fsp3) is 0.333. The van der Waals surface area contributed by atoms with Gasteiger partial charge in [-0.3, -0.25) is 0 Å². The summed E-state index contributed by atoms with van der Waals surface area (Å²) < 4.78 is 24.7. The molecule has 0 spiro atoms. The molecule has 0 aliphatic carbocycles. The third-order valence-corrected chi connectivity index (χ3v) is 3.09. The van der Waals surface area contributed by atoms with Gasteiger partial charge in [-0.05, 0) is 31.2 Å². The van der Waals surface area contributed by atoms with Crippen LogP contribution >= 0.6 is 0 Å². The third-order valence-electron chi connectivity index (χ3n) is 3.09. The van der Waals surface area contributed by atoms with Gasteiger partial charge in [0.15, 0.2) is 0 Å². The molecule has 1 unspecified atom stereocenters. The van der Waals surface area contributed by atoms with Crippen LogP contribution in [0.4, 0.5) is 4.39 Å². The van der Waals surface area contributed by atoms with Crippen molar-refractivity contribution in [3.63, 3.8) is 0 Å². The predicted octanol–water partition coefficient (Wildman–Crippen LogP) is 3.43. The fourth-order valence-corrected chi connectivity index (χ4v) is 2.10. The van der Waals surface area contributed by atoms with Crippen molar-refractivity contribution in [2.45, 2.75) is 19.9 Å². The van der Waals surface area contributed by atoms with Crippen LogP contribution in [0.5, 0.6) is 5.75 Å². The minimum Gasteiger partial charge on any atom is -0.497 e. The molecule has 4 heteroatoms. The minimum absolute atomic E-state index is 0.286. The molecular weight excluding hydrogens is 245 g/mol. The van der Waals surface area contributed by atoms with Crippen molar-refractivity contribution < 1.29 is 13.5 Å². The Labute approximate surface area is 112 Å². The van der Waals surface area contributed by atoms with Gasteiger partial charge in [-0.15, -0.1) is 0 Å². The maximum absolute atomic E-state index is 14.2. The number of methoxy groups -OCH3 is 1. The fourth-order valence-electron chi connectivity index (χ4n) is 2.10. The van der Waals surface area contributed by atoms with Gasteiger partial charge in [0.1, 0.15) is 17.3 Å². The van der Waals surface area contributed by atoms with Crippen molar-refractivity contribution in [1.29, 1.82) is 0 Å². The maximum atomic E-state index is 14.2. The molecule has 0 aliphatic rings. The van der Waals surface area contributed by atoms with Crippen LogP contribution in [0.1, 0.15) is 29.9 Å². The van der Waals surface area contributed by atoms with E-state index in [-0.39, 0.29) is 11.9 Å². The summed E-state index contributed by atoms with van der Waals surface area (Å²) in [5.41, 5.74) is 1.56. The Morgan fingerprint density at radius 2 is 2.16 bits per heavy atom. The van der Waals surface area contributed by atoms with Crippen molar-refractivity contribution in [2.24, 2.45) is 0 Å². The van der Waals surface area contributed by atoms with Gasteiger partial charge in [-0.25, -0.2) is 4.39 Å². The molecule has 0 radical (unpaired) electrons. The van der Waals surface area contributed by atoms with Crippen molar-refractivity contribution in [2.75, 3.05) is 13.7 Å². The highest BCUT2D eigenvalue weighted by molar-refractivity contribution is 5.36. The molecule has 102 valence electrons. The lowest BCUT2D eigenvalue weighted by molar-refractivity contribution is 0.407. The number of benzene rings is 1. The summed E-state index contributed by atoms with van der Waals surface area (Å²) in [7, 11) is 1.52. The first kappa shape index (κ1) is 13.6. The molecule has 0 amide bonds. The van der Waals surface area contributed by atoms with Gasteiger partial charge in [0.25, 0.3) is 0 Å². The van der Waals surface area contributed by atoms with Crippen molar-refractivity contribution in [3.8, 4) is 5.75 Å². The van der Waals surface area contributed by atoms with Crippen LogP contribution in [0.15, 0.2) is 34.9 Å². The zero-order chi connectivity index (χ0) is 13.8. The second kappa shape index (κ2) is 5.89. The van der Waals surface area contributed by atoms with E-state index >= 15 is 0 Å². The molecule has 0 bridgehead atoms. The van der Waals surface area contributed by atoms with E-state index in [0.717, 1.165) is 17.9 Å². The molecule has 2 aromatic rings. The third kappa shape index (κ3) is 2.79. The van der Waals surface area contributed by atoms with Crippen LogP contribution in [-0.4, -0.2) is 13.7 Å². The van der Waals surface area contributed by atoms with Crippen LogP contribution in [0.3, 0.4) is 0 Å². The van der Waals surface area contributed by atoms with Gasteiger partial charge < -0.3 is 14.5 Å². The van der Waals surface area contributed by atoms with Crippen molar-refractivity contribution in [3.05, 3.63) is 53.2 Å². The number of halogens is 1. The summed E-state index contributed by atoms with van der Waals surface area (Å²) in [5.74, 6) is 0.944. The summed E-state index contributed by atoms with van der Waals surface area (Å²) in [6.45, 7) is 4.65. The highest BCUT2D eigenvalue weighted by Gasteiger charge is 2.21. The summed E-state index contributed by atoms with van der Waals surface area (Å²) in [6, 6.07) is 6.45. The minimum atomic E-state index is -0.305. The molecule has 3 nitrogen and oxygen atoms in total. The SMILES string of the molecule is CCNC(c1ccc(OC)cc1F)c1occc1C. The average Bonchev–Trinajstić information content (AvgIpc) is 2.82. The lowest BCUT2D eigenvalue weighted by Gasteiger charge is -2.18. The molecule has 1 N–H and O–H groups in total. The molecular formula is C15H18FNO2. The number of ether oxygens (including phenoxy) is 1. The molecule has 1 heterocycles. The highest BCUT2D eigenvalue weighted by Crippen LogP contribution is 2.29. The van der Waals surface area contributed by atoms with Gasteiger partial charge in [0, 0.05) is 11.6 Å². The number of aryl methyl sites for hydroxylation is 1. The number of hydrogen-bond acceptors (Lipinski definition) is 3. The Morgan fingerprint density at radius 3 is 2.68 bits per heavy atom. The van der Waals surface area contributed by atoms with Gasteiger partial charge in [0.2, 0.25) is 0 Å². The van der Waals surface area contributed by atoms with Gasteiger partial charge in [-0.2, -0.15) is 0 Å². The van der Waals surface area contributed by atoms with E-state index < -0.39 is 0 Å². The molecule has 1 aromatic heterocycles. The quantitative estimate of drug-likeness (QED) is 0.897. The Balaban J connectivity index is 2.42. The Bertz CT molecular complexity index is 551. The van der Waals surface area contributed by atoms with Crippen molar-refractivity contribution in [1.82, 2.24) is 5.32 Å². The molecule has 19 heavy (non-hydrogen) atoms. The molecule has 0 saturated carbocycles. The van der Waals surface area contributed by atoms with Crippen LogP contribution in [0, 0.1) is 12.7 Å². The monoisotopic (exact) mass is 263 g/mol. The van der Waals surface area contributed by atoms with Crippen LogP contribution in [0.25, 0.3) is 0 Å². The second-order valence-corrected chi connectivity index (χ2v) is 4.35. The van der Waals surface area contributed by atoms with E-state index in [1.807, 2.05) is 19.9 Å². The summed E-state index contributed by atoms with van der Waals surface area (Å²) in [6.07, 6.45) is 1.62. The zero-order valence-electron chi connectivity index (χ0n) is 11.4.